The third-order valence-electron chi connectivity index (χ3n) is 4.21. The molecule has 0 aromatic carbocycles. The van der Waals surface area contributed by atoms with Crippen LogP contribution in [0.3, 0.4) is 0 Å². The summed E-state index contributed by atoms with van der Waals surface area (Å²) in [7, 11) is -3.12. The molecule has 1 saturated heterocycles. The number of carbonyl (C=O) groups is 3. The number of Topliss-reactive ketones (excluding diaryl/α,β-unsaturated/α-hetero) is 1. The normalized spacial score (nSPS) is 20.0. The Morgan fingerprint density at radius 2 is 2.08 bits per heavy atom. The standard InChI is InChI=1S/C16H22N2O6S/c1-4-18(13-5-6-25(22,23)9-13)15(20)11(3)24-16(21)14-7-12(8-17-14)10(2)19/h7-8,11,13,17H,4-6,9H2,1-3H3/t11-,13-/m1/s1. The van der Waals surface area contributed by atoms with Gasteiger partial charge in [-0.2, -0.15) is 0 Å². The molecule has 1 amide bonds. The Bertz CT molecular complexity index is 782. The van der Waals surface area contributed by atoms with Crippen LogP contribution >= 0.6 is 0 Å². The van der Waals surface area contributed by atoms with Crippen molar-refractivity contribution in [3.8, 4) is 0 Å². The second-order valence-corrected chi connectivity index (χ2v) is 8.32. The highest BCUT2D eigenvalue weighted by Crippen LogP contribution is 2.19. The molecule has 1 fully saturated rings. The summed E-state index contributed by atoms with van der Waals surface area (Å²) in [5, 5.41) is 0. The first kappa shape index (κ1) is 19.2. The highest BCUT2D eigenvalue weighted by Gasteiger charge is 2.36. The summed E-state index contributed by atoms with van der Waals surface area (Å²) in [6.07, 6.45) is 0.730. The van der Waals surface area contributed by atoms with E-state index >= 15 is 0 Å². The van der Waals surface area contributed by atoms with Gasteiger partial charge < -0.3 is 14.6 Å². The molecule has 25 heavy (non-hydrogen) atoms. The molecule has 2 heterocycles. The van der Waals surface area contributed by atoms with Gasteiger partial charge >= 0.3 is 5.97 Å². The van der Waals surface area contributed by atoms with E-state index in [9.17, 15) is 22.8 Å². The third-order valence-corrected chi connectivity index (χ3v) is 5.96. The zero-order chi connectivity index (χ0) is 18.8. The summed E-state index contributed by atoms with van der Waals surface area (Å²) >= 11 is 0. The number of H-pyrrole nitrogens is 1. The Balaban J connectivity index is 2.02. The van der Waals surface area contributed by atoms with E-state index in [1.54, 1.807) is 6.92 Å². The minimum Gasteiger partial charge on any atom is -0.448 e. The van der Waals surface area contributed by atoms with Crippen LogP contribution in [0.4, 0.5) is 0 Å². The van der Waals surface area contributed by atoms with Gasteiger partial charge in [-0.3, -0.25) is 9.59 Å². The van der Waals surface area contributed by atoms with E-state index in [2.05, 4.69) is 4.98 Å². The summed E-state index contributed by atoms with van der Waals surface area (Å²) in [6.45, 7) is 4.90. The van der Waals surface area contributed by atoms with Gasteiger partial charge in [0.1, 0.15) is 5.69 Å². The predicted octanol–water partition coefficient (Wildman–Crippen LogP) is 0.798. The van der Waals surface area contributed by atoms with E-state index in [1.807, 2.05) is 0 Å². The highest BCUT2D eigenvalue weighted by molar-refractivity contribution is 7.91. The number of nitrogens with zero attached hydrogens (tertiary/aromatic N) is 1. The molecule has 1 aliphatic heterocycles. The number of nitrogens with one attached hydrogen (secondary N) is 1. The van der Waals surface area contributed by atoms with Crippen LogP contribution < -0.4 is 0 Å². The van der Waals surface area contributed by atoms with Gasteiger partial charge in [-0.25, -0.2) is 13.2 Å². The first-order valence-corrected chi connectivity index (χ1v) is 9.88. The van der Waals surface area contributed by atoms with Gasteiger partial charge in [-0.1, -0.05) is 0 Å². The molecule has 9 heteroatoms. The van der Waals surface area contributed by atoms with Crippen LogP contribution in [-0.4, -0.2) is 66.2 Å². The van der Waals surface area contributed by atoms with Crippen molar-refractivity contribution >= 4 is 27.5 Å². The van der Waals surface area contributed by atoms with Crippen LogP contribution in [0.25, 0.3) is 0 Å². The molecule has 138 valence electrons. The number of ketones is 1. The number of aromatic nitrogens is 1. The van der Waals surface area contributed by atoms with Crippen LogP contribution in [0.5, 0.6) is 0 Å². The van der Waals surface area contributed by atoms with Crippen LogP contribution in [0, 0.1) is 0 Å². The fourth-order valence-electron chi connectivity index (χ4n) is 2.84. The summed E-state index contributed by atoms with van der Waals surface area (Å²) in [6, 6.07) is 0.974. The number of likely N-dealkylation sites (N-methyl/N-ethyl adjacent to an activating group) is 1. The van der Waals surface area contributed by atoms with Crippen molar-refractivity contribution in [1.29, 1.82) is 0 Å². The van der Waals surface area contributed by atoms with Crippen LogP contribution in [0.1, 0.15) is 48.0 Å². The van der Waals surface area contributed by atoms with Gasteiger partial charge in [-0.05, 0) is 33.3 Å². The fraction of sp³-hybridized carbons (Fsp3) is 0.562. The molecule has 0 spiro atoms. The molecule has 0 unspecified atom stereocenters. The SMILES string of the molecule is CCN(C(=O)[C@@H](C)OC(=O)c1cc(C(C)=O)c[nH]1)[C@@H]1CCS(=O)(=O)C1. The first-order chi connectivity index (χ1) is 11.6. The van der Waals surface area contributed by atoms with Gasteiger partial charge in [0.2, 0.25) is 0 Å². The molecular weight excluding hydrogens is 348 g/mol. The summed E-state index contributed by atoms with van der Waals surface area (Å²) in [5.41, 5.74) is 0.425. The summed E-state index contributed by atoms with van der Waals surface area (Å²) in [4.78, 5) is 40.0. The van der Waals surface area contributed by atoms with Gasteiger partial charge in [0.05, 0.1) is 11.5 Å². The first-order valence-electron chi connectivity index (χ1n) is 8.06. The van der Waals surface area contributed by atoms with E-state index in [1.165, 1.54) is 31.0 Å². The van der Waals surface area contributed by atoms with E-state index in [-0.39, 0.29) is 23.0 Å². The van der Waals surface area contributed by atoms with Crippen LogP contribution in [0.2, 0.25) is 0 Å². The van der Waals surface area contributed by atoms with E-state index in [4.69, 9.17) is 4.74 Å². The molecule has 0 bridgehead atoms. The van der Waals surface area contributed by atoms with Crippen LogP contribution in [-0.2, 0) is 19.4 Å². The number of hydrogen-bond acceptors (Lipinski definition) is 6. The fourth-order valence-corrected chi connectivity index (χ4v) is 4.57. The number of rotatable bonds is 6. The predicted molar refractivity (Wildman–Crippen MR) is 90.1 cm³/mol. The minimum absolute atomic E-state index is 0.0614. The van der Waals surface area contributed by atoms with Gasteiger partial charge in [-0.15, -0.1) is 0 Å². The van der Waals surface area contributed by atoms with Crippen molar-refractivity contribution in [1.82, 2.24) is 9.88 Å². The number of sulfone groups is 1. The summed E-state index contributed by atoms with van der Waals surface area (Å²) < 4.78 is 28.4. The Morgan fingerprint density at radius 1 is 1.40 bits per heavy atom. The topological polar surface area (TPSA) is 114 Å². The molecule has 8 nitrogen and oxygen atoms in total. The van der Waals surface area contributed by atoms with Gasteiger partial charge in [0, 0.05) is 24.3 Å². The Kier molecular flexibility index (Phi) is 5.66. The maximum absolute atomic E-state index is 12.5. The maximum atomic E-state index is 12.5. The number of amides is 1. The van der Waals surface area contributed by atoms with E-state index < -0.39 is 33.9 Å². The molecule has 1 aliphatic rings. The second-order valence-electron chi connectivity index (χ2n) is 6.09. The number of esters is 1. The highest BCUT2D eigenvalue weighted by atomic mass is 32.2. The molecule has 1 aromatic heterocycles. The molecule has 0 aliphatic carbocycles. The van der Waals surface area contributed by atoms with E-state index in [0.717, 1.165) is 0 Å². The smallest absolute Gasteiger partial charge is 0.355 e. The van der Waals surface area contributed by atoms with Crippen molar-refractivity contribution in [2.24, 2.45) is 0 Å². The second kappa shape index (κ2) is 7.38. The lowest BCUT2D eigenvalue weighted by atomic mass is 10.2. The number of carbonyl (C=O) groups excluding carboxylic acids is 3. The Labute approximate surface area is 146 Å². The summed E-state index contributed by atoms with van der Waals surface area (Å²) in [5.74, 6) is -1.38. The Hall–Kier alpha value is -2.16. The van der Waals surface area contributed by atoms with Gasteiger partial charge in [0.15, 0.2) is 21.7 Å². The quantitative estimate of drug-likeness (QED) is 0.585. The molecule has 1 aromatic rings. The zero-order valence-corrected chi connectivity index (χ0v) is 15.3. The molecule has 1 N–H and O–H groups in total. The number of ether oxygens (including phenoxy) is 1. The minimum atomic E-state index is -3.12. The monoisotopic (exact) mass is 370 g/mol. The lowest BCUT2D eigenvalue weighted by Crippen LogP contribution is -2.46. The lowest BCUT2D eigenvalue weighted by Gasteiger charge is -2.29. The van der Waals surface area contributed by atoms with Crippen molar-refractivity contribution in [3.05, 3.63) is 23.5 Å². The van der Waals surface area contributed by atoms with E-state index in [0.29, 0.717) is 18.5 Å². The maximum Gasteiger partial charge on any atom is 0.355 e. The Morgan fingerprint density at radius 3 is 2.56 bits per heavy atom. The molecule has 2 atom stereocenters. The zero-order valence-electron chi connectivity index (χ0n) is 14.4. The van der Waals surface area contributed by atoms with Crippen molar-refractivity contribution in [2.75, 3.05) is 18.1 Å². The molecule has 0 saturated carbocycles. The van der Waals surface area contributed by atoms with Crippen molar-refractivity contribution in [2.45, 2.75) is 39.3 Å². The number of aromatic amines is 1. The molecular formula is C16H22N2O6S. The third kappa shape index (κ3) is 4.47. The molecule has 0 radical (unpaired) electrons. The van der Waals surface area contributed by atoms with Gasteiger partial charge in [0.25, 0.3) is 5.91 Å². The molecule has 2 rings (SSSR count). The van der Waals surface area contributed by atoms with Crippen molar-refractivity contribution < 1.29 is 27.5 Å². The van der Waals surface area contributed by atoms with Crippen LogP contribution in [0.15, 0.2) is 12.3 Å². The average Bonchev–Trinajstić information content (AvgIpc) is 3.14. The average molecular weight is 370 g/mol. The van der Waals surface area contributed by atoms with Crippen molar-refractivity contribution in [3.63, 3.8) is 0 Å². The number of hydrogen-bond donors (Lipinski definition) is 1. The largest absolute Gasteiger partial charge is 0.448 e. The lowest BCUT2D eigenvalue weighted by molar-refractivity contribution is -0.141.